The van der Waals surface area contributed by atoms with E-state index in [2.05, 4.69) is 103 Å². The van der Waals surface area contributed by atoms with Crippen molar-refractivity contribution in [3.05, 3.63) is 152 Å². The molecule has 3 heterocycles. The Morgan fingerprint density at radius 3 is 2.09 bits per heavy atom. The highest BCUT2D eigenvalue weighted by Gasteiger charge is 2.19. The van der Waals surface area contributed by atoms with Gasteiger partial charge in [0, 0.05) is 33.0 Å². The van der Waals surface area contributed by atoms with Gasteiger partial charge in [-0.3, -0.25) is 0 Å². The number of furan rings is 1. The van der Waals surface area contributed by atoms with Gasteiger partial charge < -0.3 is 8.98 Å². The summed E-state index contributed by atoms with van der Waals surface area (Å²) in [5.41, 5.74) is 10.7. The summed E-state index contributed by atoms with van der Waals surface area (Å²) in [4.78, 5) is 10.1. The molecule has 5 aromatic carbocycles. The van der Waals surface area contributed by atoms with Crippen LogP contribution >= 0.6 is 0 Å². The molecule has 214 valence electrons. The predicted molar refractivity (Wildman–Crippen MR) is 188 cm³/mol. The lowest BCUT2D eigenvalue weighted by Crippen LogP contribution is -1.94. The summed E-state index contributed by atoms with van der Waals surface area (Å²) in [5.74, 6) is 0.676. The summed E-state index contributed by atoms with van der Waals surface area (Å²) in [5, 5.41) is 3.38. The van der Waals surface area contributed by atoms with Gasteiger partial charge in [-0.25, -0.2) is 9.97 Å². The lowest BCUT2D eigenvalue weighted by atomic mass is 10.0. The molecular weight excluding hydrogens is 550 g/mol. The molecule has 8 rings (SSSR count). The van der Waals surface area contributed by atoms with E-state index in [0.29, 0.717) is 11.4 Å². The van der Waals surface area contributed by atoms with Crippen molar-refractivity contribution in [1.82, 2.24) is 14.5 Å². The van der Waals surface area contributed by atoms with Gasteiger partial charge in [-0.15, -0.1) is 0 Å². The van der Waals surface area contributed by atoms with Crippen molar-refractivity contribution in [3.63, 3.8) is 0 Å². The van der Waals surface area contributed by atoms with Gasteiger partial charge >= 0.3 is 0 Å². The summed E-state index contributed by atoms with van der Waals surface area (Å²) in [6.45, 7) is 5.92. The second-order valence-corrected chi connectivity index (χ2v) is 11.0. The van der Waals surface area contributed by atoms with Crippen LogP contribution in [-0.4, -0.2) is 14.5 Å². The second-order valence-electron chi connectivity index (χ2n) is 11.0. The van der Waals surface area contributed by atoms with Gasteiger partial charge in [0.15, 0.2) is 11.4 Å². The maximum absolute atomic E-state index is 6.47. The monoisotopic (exact) mass is 579 g/mol. The molecule has 0 aliphatic heterocycles. The van der Waals surface area contributed by atoms with Gasteiger partial charge in [-0.1, -0.05) is 116 Å². The number of fused-ring (bicyclic) bond motifs is 6. The molecule has 0 unspecified atom stereocenters. The first-order valence-electron chi connectivity index (χ1n) is 15.1. The van der Waals surface area contributed by atoms with Crippen molar-refractivity contribution < 1.29 is 4.42 Å². The largest absolute Gasteiger partial charge is 0.452 e. The van der Waals surface area contributed by atoms with E-state index in [1.165, 1.54) is 16.3 Å². The van der Waals surface area contributed by atoms with Gasteiger partial charge in [-0.05, 0) is 54.5 Å². The third-order valence-corrected chi connectivity index (χ3v) is 8.35. The number of rotatable bonds is 6. The molecule has 0 bridgehead atoms. The summed E-state index contributed by atoms with van der Waals surface area (Å²) < 4.78 is 8.79. The molecule has 0 saturated heterocycles. The molecule has 0 atom stereocenters. The first kappa shape index (κ1) is 26.6. The van der Waals surface area contributed by atoms with Crippen LogP contribution in [0.1, 0.15) is 6.92 Å². The van der Waals surface area contributed by atoms with Crippen molar-refractivity contribution in [2.24, 2.45) is 0 Å². The summed E-state index contributed by atoms with van der Waals surface area (Å²) >= 11 is 0. The van der Waals surface area contributed by atoms with E-state index in [0.717, 1.165) is 55.6 Å². The molecule has 3 aromatic heterocycles. The summed E-state index contributed by atoms with van der Waals surface area (Å²) in [6.07, 6.45) is 8.01. The molecule has 45 heavy (non-hydrogen) atoms. The maximum atomic E-state index is 6.47. The molecule has 0 aliphatic carbocycles. The van der Waals surface area contributed by atoms with Crippen molar-refractivity contribution in [2.45, 2.75) is 6.92 Å². The number of hydrogen-bond donors (Lipinski definition) is 0. The zero-order chi connectivity index (χ0) is 30.3. The zero-order valence-electron chi connectivity index (χ0n) is 24.8. The predicted octanol–water partition coefficient (Wildman–Crippen LogP) is 11.1. The Labute approximate surface area is 260 Å². The van der Waals surface area contributed by atoms with Crippen molar-refractivity contribution in [1.29, 1.82) is 0 Å². The van der Waals surface area contributed by atoms with Gasteiger partial charge in [0.1, 0.15) is 16.8 Å². The molecule has 0 amide bonds. The van der Waals surface area contributed by atoms with E-state index in [-0.39, 0.29) is 0 Å². The molecule has 0 spiro atoms. The Balaban J connectivity index is 1.34. The molecular formula is C41H29N3O. The van der Waals surface area contributed by atoms with E-state index in [9.17, 15) is 0 Å². The first-order valence-corrected chi connectivity index (χ1v) is 15.1. The van der Waals surface area contributed by atoms with Crippen LogP contribution in [-0.2, 0) is 0 Å². The maximum Gasteiger partial charge on any atom is 0.180 e. The SMILES string of the molecule is C=C/C=C\C(=C/C)n1c2ccccc2c2cc(-c3ccc4oc5c(-c6ccccc6)nc(-c6ccccc6)nc5c4c3)ccc21. The molecule has 4 heteroatoms. The lowest BCUT2D eigenvalue weighted by molar-refractivity contribution is 0.667. The highest BCUT2D eigenvalue weighted by Crippen LogP contribution is 2.39. The molecule has 0 fully saturated rings. The topological polar surface area (TPSA) is 43.9 Å². The molecule has 4 nitrogen and oxygen atoms in total. The number of nitrogens with zero attached hydrogens (tertiary/aromatic N) is 3. The van der Waals surface area contributed by atoms with Crippen LogP contribution in [0.2, 0.25) is 0 Å². The Bertz CT molecular complexity index is 2440. The number of allylic oxidation sites excluding steroid dienone is 5. The average molecular weight is 580 g/mol. The highest BCUT2D eigenvalue weighted by molar-refractivity contribution is 6.12. The van der Waals surface area contributed by atoms with E-state index in [1.54, 1.807) is 0 Å². The highest BCUT2D eigenvalue weighted by atomic mass is 16.3. The van der Waals surface area contributed by atoms with Gasteiger partial charge in [-0.2, -0.15) is 0 Å². The fraction of sp³-hybridized carbons (Fsp3) is 0.0244. The average Bonchev–Trinajstić information content (AvgIpc) is 3.64. The van der Waals surface area contributed by atoms with Gasteiger partial charge in [0.2, 0.25) is 0 Å². The summed E-state index contributed by atoms with van der Waals surface area (Å²) in [6, 6.07) is 42.0. The van der Waals surface area contributed by atoms with Crippen LogP contribution in [0, 0.1) is 0 Å². The lowest BCUT2D eigenvalue weighted by Gasteiger charge is -2.09. The van der Waals surface area contributed by atoms with Crippen molar-refractivity contribution in [2.75, 3.05) is 0 Å². The van der Waals surface area contributed by atoms with Crippen LogP contribution < -0.4 is 0 Å². The fourth-order valence-corrected chi connectivity index (χ4v) is 6.23. The number of benzene rings is 5. The molecule has 0 aliphatic rings. The van der Waals surface area contributed by atoms with Crippen LogP contribution in [0.25, 0.3) is 83.3 Å². The molecule has 0 N–H and O–H groups in total. The third-order valence-electron chi connectivity index (χ3n) is 8.35. The molecule has 0 radical (unpaired) electrons. The van der Waals surface area contributed by atoms with Crippen molar-refractivity contribution in [3.8, 4) is 33.8 Å². The molecule has 0 saturated carbocycles. The zero-order valence-corrected chi connectivity index (χ0v) is 24.8. The second kappa shape index (κ2) is 10.9. The Morgan fingerprint density at radius 2 is 1.33 bits per heavy atom. The fourth-order valence-electron chi connectivity index (χ4n) is 6.23. The normalized spacial score (nSPS) is 12.2. The van der Waals surface area contributed by atoms with Crippen LogP contribution in [0.4, 0.5) is 0 Å². The minimum Gasteiger partial charge on any atom is -0.452 e. The van der Waals surface area contributed by atoms with E-state index >= 15 is 0 Å². The smallest absolute Gasteiger partial charge is 0.180 e. The Morgan fingerprint density at radius 1 is 0.667 bits per heavy atom. The number of hydrogen-bond acceptors (Lipinski definition) is 3. The number of aromatic nitrogens is 3. The quantitative estimate of drug-likeness (QED) is 0.184. The first-order chi connectivity index (χ1) is 22.2. The number of para-hydroxylation sites is 1. The van der Waals surface area contributed by atoms with Crippen LogP contribution in [0.15, 0.2) is 157 Å². The third kappa shape index (κ3) is 4.47. The minimum absolute atomic E-state index is 0.676. The van der Waals surface area contributed by atoms with E-state index in [4.69, 9.17) is 14.4 Å². The van der Waals surface area contributed by atoms with Crippen molar-refractivity contribution >= 4 is 49.6 Å². The van der Waals surface area contributed by atoms with Crippen LogP contribution in [0.5, 0.6) is 0 Å². The minimum atomic E-state index is 0.676. The standard InChI is InChI=1S/C41H29N3O/c1-3-5-18-31(4-2)44-35-20-13-12-19-32(35)33-25-29(21-23-36(33)44)30-22-24-37-34(26-30)39-40(45-37)38(27-14-8-6-9-15-27)42-41(43-39)28-16-10-7-11-17-28/h3-26H,1H2,2H3/b18-5-,31-4+. The summed E-state index contributed by atoms with van der Waals surface area (Å²) in [7, 11) is 0. The Hall–Kier alpha value is -6.00. The van der Waals surface area contributed by atoms with Gasteiger partial charge in [0.05, 0.1) is 11.0 Å². The van der Waals surface area contributed by atoms with Crippen LogP contribution in [0.3, 0.4) is 0 Å². The van der Waals surface area contributed by atoms with E-state index < -0.39 is 0 Å². The molecule has 8 aromatic rings. The van der Waals surface area contributed by atoms with Gasteiger partial charge in [0.25, 0.3) is 0 Å². The Kier molecular flexibility index (Phi) is 6.46. The van der Waals surface area contributed by atoms with E-state index in [1.807, 2.05) is 60.7 Å².